The number of carboxylic acids is 1. The van der Waals surface area contributed by atoms with Crippen molar-refractivity contribution in [3.63, 3.8) is 0 Å². The van der Waals surface area contributed by atoms with Crippen LogP contribution in [0.2, 0.25) is 0 Å². The van der Waals surface area contributed by atoms with Crippen LogP contribution in [0, 0.1) is 11.8 Å². The van der Waals surface area contributed by atoms with Crippen molar-refractivity contribution in [2.45, 2.75) is 25.7 Å². The predicted molar refractivity (Wildman–Crippen MR) is 46.5 cm³/mol. The topological polar surface area (TPSA) is 95.9 Å². The third-order valence-electron chi connectivity index (χ3n) is 2.61. The molecule has 0 bridgehead atoms. The number of carbonyl (C=O) groups is 1. The Morgan fingerprint density at radius 2 is 1.69 bits per heavy atom. The quantitative estimate of drug-likeness (QED) is 0.255. The minimum absolute atomic E-state index is 0.0561. The van der Waals surface area contributed by atoms with Crippen LogP contribution >= 0.6 is 0 Å². The van der Waals surface area contributed by atoms with Crippen molar-refractivity contribution >= 4 is 11.8 Å². The van der Waals surface area contributed by atoms with Gasteiger partial charge in [0.1, 0.15) is 5.84 Å². The Kier molecular flexibility index (Phi) is 3.11. The summed E-state index contributed by atoms with van der Waals surface area (Å²) in [5.74, 6) is -0.704. The maximum Gasteiger partial charge on any atom is 0.306 e. The van der Waals surface area contributed by atoms with E-state index in [-0.39, 0.29) is 17.7 Å². The van der Waals surface area contributed by atoms with Crippen molar-refractivity contribution in [1.29, 1.82) is 0 Å². The lowest BCUT2D eigenvalue weighted by atomic mass is 9.81. The molecule has 0 amide bonds. The summed E-state index contributed by atoms with van der Waals surface area (Å²) in [4.78, 5) is 10.6. The number of rotatable bonds is 2. The molecule has 0 heterocycles. The van der Waals surface area contributed by atoms with Gasteiger partial charge in [-0.3, -0.25) is 4.79 Å². The molecule has 1 aliphatic rings. The molecule has 1 aliphatic carbocycles. The summed E-state index contributed by atoms with van der Waals surface area (Å²) in [5.41, 5.74) is 5.42. The van der Waals surface area contributed by atoms with Gasteiger partial charge in [-0.25, -0.2) is 0 Å². The molecule has 5 heteroatoms. The highest BCUT2D eigenvalue weighted by Crippen LogP contribution is 2.28. The van der Waals surface area contributed by atoms with Crippen LogP contribution in [-0.2, 0) is 4.79 Å². The lowest BCUT2D eigenvalue weighted by Gasteiger charge is -2.24. The van der Waals surface area contributed by atoms with Crippen LogP contribution in [0.15, 0.2) is 5.16 Å². The lowest BCUT2D eigenvalue weighted by molar-refractivity contribution is -0.142. The molecule has 74 valence electrons. The van der Waals surface area contributed by atoms with E-state index in [1.807, 2.05) is 0 Å². The average Bonchev–Trinajstić information content (AvgIpc) is 2.17. The number of carboxylic acid groups (broad SMARTS) is 1. The third-order valence-corrected chi connectivity index (χ3v) is 2.61. The summed E-state index contributed by atoms with van der Waals surface area (Å²) in [5, 5.41) is 20.0. The Morgan fingerprint density at radius 1 is 1.23 bits per heavy atom. The highest BCUT2D eigenvalue weighted by atomic mass is 16.4. The number of amidine groups is 1. The van der Waals surface area contributed by atoms with Crippen LogP contribution in [0.25, 0.3) is 0 Å². The Hall–Kier alpha value is -1.26. The van der Waals surface area contributed by atoms with E-state index in [0.717, 1.165) is 0 Å². The van der Waals surface area contributed by atoms with Gasteiger partial charge in [0.25, 0.3) is 0 Å². The molecular formula is C8H14N2O3. The Morgan fingerprint density at radius 3 is 2.08 bits per heavy atom. The zero-order chi connectivity index (χ0) is 9.84. The molecule has 4 N–H and O–H groups in total. The molecule has 0 aromatic rings. The molecule has 1 saturated carbocycles. The smallest absolute Gasteiger partial charge is 0.306 e. The molecule has 0 aromatic carbocycles. The van der Waals surface area contributed by atoms with Gasteiger partial charge >= 0.3 is 5.97 Å². The van der Waals surface area contributed by atoms with Crippen LogP contribution in [-0.4, -0.2) is 22.1 Å². The molecule has 0 saturated heterocycles. The van der Waals surface area contributed by atoms with Gasteiger partial charge in [0, 0.05) is 5.92 Å². The van der Waals surface area contributed by atoms with Crippen molar-refractivity contribution < 1.29 is 15.1 Å². The van der Waals surface area contributed by atoms with Crippen molar-refractivity contribution in [2.24, 2.45) is 22.7 Å². The first kappa shape index (κ1) is 9.83. The van der Waals surface area contributed by atoms with E-state index in [0.29, 0.717) is 25.7 Å². The fourth-order valence-electron chi connectivity index (χ4n) is 1.72. The first-order valence-corrected chi connectivity index (χ1v) is 4.35. The third kappa shape index (κ3) is 2.34. The second-order valence-electron chi connectivity index (χ2n) is 3.41. The van der Waals surface area contributed by atoms with Crippen molar-refractivity contribution in [3.05, 3.63) is 0 Å². The number of hydrogen-bond acceptors (Lipinski definition) is 3. The summed E-state index contributed by atoms with van der Waals surface area (Å²) >= 11 is 0. The molecule has 0 radical (unpaired) electrons. The second kappa shape index (κ2) is 4.11. The Balaban J connectivity index is 2.43. The highest BCUT2D eigenvalue weighted by molar-refractivity contribution is 5.82. The molecule has 13 heavy (non-hydrogen) atoms. The summed E-state index contributed by atoms with van der Waals surface area (Å²) in [6.45, 7) is 0. The zero-order valence-electron chi connectivity index (χ0n) is 7.31. The Labute approximate surface area is 76.2 Å². The normalized spacial score (nSPS) is 30.0. The maximum atomic E-state index is 10.6. The SMILES string of the molecule is NC(=NO)C1CCC(C(=O)O)CC1. The predicted octanol–water partition coefficient (Wildman–Crippen LogP) is 0.624. The van der Waals surface area contributed by atoms with Gasteiger partial charge < -0.3 is 16.0 Å². The highest BCUT2D eigenvalue weighted by Gasteiger charge is 2.27. The zero-order valence-corrected chi connectivity index (χ0v) is 7.31. The first-order valence-electron chi connectivity index (χ1n) is 4.35. The van der Waals surface area contributed by atoms with Gasteiger partial charge in [-0.15, -0.1) is 0 Å². The van der Waals surface area contributed by atoms with Crippen LogP contribution in [0.5, 0.6) is 0 Å². The molecule has 0 unspecified atom stereocenters. The molecule has 1 rings (SSSR count). The van der Waals surface area contributed by atoms with Crippen molar-refractivity contribution in [1.82, 2.24) is 0 Å². The van der Waals surface area contributed by atoms with E-state index >= 15 is 0 Å². The number of nitrogens with zero attached hydrogens (tertiary/aromatic N) is 1. The van der Waals surface area contributed by atoms with Crippen LogP contribution in [0.3, 0.4) is 0 Å². The van der Waals surface area contributed by atoms with E-state index in [1.54, 1.807) is 0 Å². The van der Waals surface area contributed by atoms with Crippen molar-refractivity contribution in [3.8, 4) is 0 Å². The van der Waals surface area contributed by atoms with Gasteiger partial charge in [0.15, 0.2) is 0 Å². The molecule has 0 atom stereocenters. The molecule has 0 spiro atoms. The standard InChI is InChI=1S/C8H14N2O3/c9-7(10-13)5-1-3-6(4-2-5)8(11)12/h5-6,13H,1-4H2,(H2,9,10)(H,11,12). The summed E-state index contributed by atoms with van der Waals surface area (Å²) < 4.78 is 0. The van der Waals surface area contributed by atoms with Gasteiger partial charge in [-0.2, -0.15) is 0 Å². The molecule has 0 aliphatic heterocycles. The van der Waals surface area contributed by atoms with E-state index in [9.17, 15) is 4.79 Å². The first-order chi connectivity index (χ1) is 6.15. The number of nitrogens with two attached hydrogens (primary N) is 1. The fourth-order valence-corrected chi connectivity index (χ4v) is 1.72. The molecule has 5 nitrogen and oxygen atoms in total. The van der Waals surface area contributed by atoms with Gasteiger partial charge in [0.05, 0.1) is 5.92 Å². The monoisotopic (exact) mass is 186 g/mol. The largest absolute Gasteiger partial charge is 0.481 e. The summed E-state index contributed by atoms with van der Waals surface area (Å²) in [6, 6.07) is 0. The van der Waals surface area contributed by atoms with E-state index in [1.165, 1.54) is 0 Å². The average molecular weight is 186 g/mol. The lowest BCUT2D eigenvalue weighted by Crippen LogP contribution is -2.30. The minimum Gasteiger partial charge on any atom is -0.481 e. The van der Waals surface area contributed by atoms with E-state index in [4.69, 9.17) is 16.0 Å². The van der Waals surface area contributed by atoms with E-state index in [2.05, 4.69) is 5.16 Å². The van der Waals surface area contributed by atoms with Crippen LogP contribution in [0.4, 0.5) is 0 Å². The minimum atomic E-state index is -0.738. The Bertz CT molecular complexity index is 219. The maximum absolute atomic E-state index is 10.6. The van der Waals surface area contributed by atoms with Crippen LogP contribution in [0.1, 0.15) is 25.7 Å². The second-order valence-corrected chi connectivity index (χ2v) is 3.41. The fraction of sp³-hybridized carbons (Fsp3) is 0.750. The number of hydrogen-bond donors (Lipinski definition) is 3. The van der Waals surface area contributed by atoms with Gasteiger partial charge in [0.2, 0.25) is 0 Å². The summed E-state index contributed by atoms with van der Waals surface area (Å²) in [7, 11) is 0. The number of aliphatic carboxylic acids is 1. The van der Waals surface area contributed by atoms with Crippen LogP contribution < -0.4 is 5.73 Å². The van der Waals surface area contributed by atoms with Crippen molar-refractivity contribution in [2.75, 3.05) is 0 Å². The molecule has 0 aromatic heterocycles. The van der Waals surface area contributed by atoms with E-state index < -0.39 is 5.97 Å². The molecular weight excluding hydrogens is 172 g/mol. The van der Waals surface area contributed by atoms with Gasteiger partial charge in [-0.05, 0) is 25.7 Å². The summed E-state index contributed by atoms with van der Waals surface area (Å²) in [6.07, 6.45) is 2.65. The van der Waals surface area contributed by atoms with Gasteiger partial charge in [-0.1, -0.05) is 5.16 Å². The molecule has 1 fully saturated rings. The number of oxime groups is 1.